The van der Waals surface area contributed by atoms with E-state index in [0.717, 1.165) is 23.3 Å². The number of benzene rings is 1. The fraction of sp³-hybridized carbons (Fsp3) is 0.400. The number of thiazole rings is 1. The highest BCUT2D eigenvalue weighted by molar-refractivity contribution is 7.11. The minimum atomic E-state index is -0.552. The molecule has 0 aliphatic rings. The summed E-state index contributed by atoms with van der Waals surface area (Å²) in [4.78, 5) is 5.79. The van der Waals surface area contributed by atoms with E-state index in [1.54, 1.807) is 11.3 Å². The summed E-state index contributed by atoms with van der Waals surface area (Å²) in [7, 11) is 1.89. The van der Waals surface area contributed by atoms with Gasteiger partial charge >= 0.3 is 0 Å². The summed E-state index contributed by atoms with van der Waals surface area (Å²) < 4.78 is 26.6. The van der Waals surface area contributed by atoms with Gasteiger partial charge in [-0.15, -0.1) is 11.3 Å². The Hall–Kier alpha value is -1.33. The molecule has 108 valence electrons. The average molecular weight is 296 g/mol. The van der Waals surface area contributed by atoms with E-state index in [1.807, 2.05) is 7.05 Å². The second kappa shape index (κ2) is 6.41. The van der Waals surface area contributed by atoms with Crippen molar-refractivity contribution in [2.24, 2.45) is 0 Å². The van der Waals surface area contributed by atoms with Gasteiger partial charge in [-0.25, -0.2) is 13.8 Å². The predicted molar refractivity (Wildman–Crippen MR) is 78.1 cm³/mol. The Kier molecular flexibility index (Phi) is 4.83. The van der Waals surface area contributed by atoms with Gasteiger partial charge in [0.15, 0.2) is 0 Å². The largest absolute Gasteiger partial charge is 0.315 e. The van der Waals surface area contributed by atoms with Gasteiger partial charge in [0.05, 0.1) is 10.7 Å². The number of aromatic nitrogens is 1. The van der Waals surface area contributed by atoms with E-state index in [2.05, 4.69) is 24.1 Å². The number of halogens is 2. The minimum absolute atomic E-state index is 0.335. The summed E-state index contributed by atoms with van der Waals surface area (Å²) in [6.07, 6.45) is 0.403. The molecule has 0 spiro atoms. The second-order valence-electron chi connectivity index (χ2n) is 5.01. The zero-order chi connectivity index (χ0) is 14.7. The Morgan fingerprint density at radius 1 is 1.30 bits per heavy atom. The molecule has 1 N–H and O–H groups in total. The number of hydrogen-bond acceptors (Lipinski definition) is 3. The first-order chi connectivity index (χ1) is 9.51. The normalized spacial score (nSPS) is 11.3. The van der Waals surface area contributed by atoms with Gasteiger partial charge in [0.1, 0.15) is 11.6 Å². The molecule has 0 aliphatic carbocycles. The van der Waals surface area contributed by atoms with E-state index in [-0.39, 0.29) is 0 Å². The molecule has 0 atom stereocenters. The maximum absolute atomic E-state index is 13.7. The molecule has 2 nitrogen and oxygen atoms in total. The summed E-state index contributed by atoms with van der Waals surface area (Å²) in [6.45, 7) is 4.95. The summed E-state index contributed by atoms with van der Waals surface area (Å²) in [6, 6.07) is 3.68. The standard InChI is InChI=1S/C15H18F2N2S/c1-9(2)15-13(8-18-3)20-14(19-15)6-10-4-5-11(16)7-12(10)17/h4-5,7,9,18H,6,8H2,1-3H3. The zero-order valence-corrected chi connectivity index (χ0v) is 12.7. The van der Waals surface area contributed by atoms with E-state index in [0.29, 0.717) is 17.9 Å². The first-order valence-corrected chi connectivity index (χ1v) is 7.40. The third-order valence-electron chi connectivity index (χ3n) is 3.01. The number of hydrogen-bond donors (Lipinski definition) is 1. The van der Waals surface area contributed by atoms with Crippen molar-refractivity contribution in [3.8, 4) is 0 Å². The van der Waals surface area contributed by atoms with E-state index >= 15 is 0 Å². The average Bonchev–Trinajstić information content (AvgIpc) is 2.76. The lowest BCUT2D eigenvalue weighted by molar-refractivity contribution is 0.574. The van der Waals surface area contributed by atoms with E-state index < -0.39 is 11.6 Å². The monoisotopic (exact) mass is 296 g/mol. The van der Waals surface area contributed by atoms with Crippen molar-refractivity contribution >= 4 is 11.3 Å². The number of nitrogens with zero attached hydrogens (tertiary/aromatic N) is 1. The van der Waals surface area contributed by atoms with Gasteiger partial charge in [-0.05, 0) is 24.6 Å². The molecule has 1 aromatic heterocycles. The quantitative estimate of drug-likeness (QED) is 0.906. The van der Waals surface area contributed by atoms with Gasteiger partial charge < -0.3 is 5.32 Å². The molecule has 2 aromatic rings. The van der Waals surface area contributed by atoms with Crippen LogP contribution in [0.2, 0.25) is 0 Å². The smallest absolute Gasteiger partial charge is 0.129 e. The molecule has 0 aliphatic heterocycles. The van der Waals surface area contributed by atoms with Crippen LogP contribution in [0.15, 0.2) is 18.2 Å². The van der Waals surface area contributed by atoms with Gasteiger partial charge in [0.25, 0.3) is 0 Å². The van der Waals surface area contributed by atoms with Gasteiger partial charge in [-0.2, -0.15) is 0 Å². The van der Waals surface area contributed by atoms with Crippen LogP contribution in [0.5, 0.6) is 0 Å². The molecule has 0 amide bonds. The van der Waals surface area contributed by atoms with Crippen molar-refractivity contribution in [2.45, 2.75) is 32.7 Å². The van der Waals surface area contributed by atoms with Crippen LogP contribution in [0.4, 0.5) is 8.78 Å². The fourth-order valence-electron chi connectivity index (χ4n) is 2.06. The topological polar surface area (TPSA) is 24.9 Å². The first-order valence-electron chi connectivity index (χ1n) is 6.58. The van der Waals surface area contributed by atoms with Crippen LogP contribution in [0, 0.1) is 11.6 Å². The Bertz CT molecular complexity index is 594. The van der Waals surface area contributed by atoms with Gasteiger partial charge in [-0.1, -0.05) is 19.9 Å². The van der Waals surface area contributed by atoms with Crippen molar-refractivity contribution in [2.75, 3.05) is 7.05 Å². The summed E-state index contributed by atoms with van der Waals surface area (Å²) in [5.74, 6) is -0.730. The molecule has 0 saturated heterocycles. The lowest BCUT2D eigenvalue weighted by atomic mass is 10.1. The fourth-order valence-corrected chi connectivity index (χ4v) is 3.31. The third kappa shape index (κ3) is 3.41. The van der Waals surface area contributed by atoms with E-state index in [4.69, 9.17) is 0 Å². The maximum Gasteiger partial charge on any atom is 0.129 e. The Morgan fingerprint density at radius 2 is 2.05 bits per heavy atom. The third-order valence-corrected chi connectivity index (χ3v) is 4.08. The van der Waals surface area contributed by atoms with Crippen molar-refractivity contribution in [3.05, 3.63) is 51.0 Å². The Morgan fingerprint density at radius 3 is 2.65 bits per heavy atom. The van der Waals surface area contributed by atoms with E-state index in [9.17, 15) is 8.78 Å². The molecule has 20 heavy (non-hydrogen) atoms. The predicted octanol–water partition coefficient (Wildman–Crippen LogP) is 3.85. The highest BCUT2D eigenvalue weighted by atomic mass is 32.1. The number of nitrogens with one attached hydrogen (secondary N) is 1. The molecule has 0 saturated carbocycles. The maximum atomic E-state index is 13.7. The molecular weight excluding hydrogens is 278 g/mol. The Balaban J connectivity index is 2.27. The summed E-state index contributed by atoms with van der Waals surface area (Å²) in [5.41, 5.74) is 1.54. The van der Waals surface area contributed by atoms with Crippen LogP contribution in [0.3, 0.4) is 0 Å². The van der Waals surface area contributed by atoms with E-state index in [1.165, 1.54) is 17.0 Å². The van der Waals surface area contributed by atoms with Crippen LogP contribution in [-0.2, 0) is 13.0 Å². The van der Waals surface area contributed by atoms with Crippen LogP contribution in [-0.4, -0.2) is 12.0 Å². The zero-order valence-electron chi connectivity index (χ0n) is 11.8. The lowest BCUT2D eigenvalue weighted by Gasteiger charge is -2.03. The molecule has 5 heteroatoms. The van der Waals surface area contributed by atoms with Crippen molar-refractivity contribution in [3.63, 3.8) is 0 Å². The van der Waals surface area contributed by atoms with Crippen LogP contribution in [0.25, 0.3) is 0 Å². The summed E-state index contributed by atoms with van der Waals surface area (Å²) in [5, 5.41) is 3.99. The van der Waals surface area contributed by atoms with Crippen molar-refractivity contribution in [1.29, 1.82) is 0 Å². The van der Waals surface area contributed by atoms with Gasteiger partial charge in [-0.3, -0.25) is 0 Å². The Labute approximate surface area is 121 Å². The highest BCUT2D eigenvalue weighted by Gasteiger charge is 2.15. The molecule has 2 rings (SSSR count). The SMILES string of the molecule is CNCc1sc(Cc2ccc(F)cc2F)nc1C(C)C. The van der Waals surface area contributed by atoms with Gasteiger partial charge in [0, 0.05) is 23.9 Å². The number of rotatable bonds is 5. The molecule has 0 radical (unpaired) electrons. The molecule has 0 fully saturated rings. The highest BCUT2D eigenvalue weighted by Crippen LogP contribution is 2.27. The molecule has 1 aromatic carbocycles. The van der Waals surface area contributed by atoms with Gasteiger partial charge in [0.2, 0.25) is 0 Å². The van der Waals surface area contributed by atoms with Crippen LogP contribution in [0.1, 0.15) is 40.9 Å². The van der Waals surface area contributed by atoms with Crippen LogP contribution >= 0.6 is 11.3 Å². The summed E-state index contributed by atoms with van der Waals surface area (Å²) >= 11 is 1.59. The molecule has 0 bridgehead atoms. The van der Waals surface area contributed by atoms with Crippen molar-refractivity contribution < 1.29 is 8.78 Å². The second-order valence-corrected chi connectivity index (χ2v) is 6.18. The molecular formula is C15H18F2N2S. The van der Waals surface area contributed by atoms with Crippen molar-refractivity contribution in [1.82, 2.24) is 10.3 Å². The molecule has 0 unspecified atom stereocenters. The first kappa shape index (κ1) is 15.1. The molecule has 1 heterocycles. The minimum Gasteiger partial charge on any atom is -0.315 e. The lowest BCUT2D eigenvalue weighted by Crippen LogP contribution is -2.06. The van der Waals surface area contributed by atoms with Crippen LogP contribution < -0.4 is 5.32 Å².